The van der Waals surface area contributed by atoms with Crippen LogP contribution >= 0.6 is 11.2 Å². The van der Waals surface area contributed by atoms with Gasteiger partial charge in [0.25, 0.3) is 0 Å². The Bertz CT molecular complexity index is 945. The third-order valence-corrected chi connectivity index (χ3v) is 5.71. The topological polar surface area (TPSA) is 78.8 Å². The summed E-state index contributed by atoms with van der Waals surface area (Å²) in [6.07, 6.45) is 1.20. The van der Waals surface area contributed by atoms with Crippen LogP contribution in [-0.2, 0) is 17.8 Å². The minimum absolute atomic E-state index is 0.0578. The predicted octanol–water partition coefficient (Wildman–Crippen LogP) is 4.32. The molecule has 1 aliphatic heterocycles. The van der Waals surface area contributed by atoms with Gasteiger partial charge < -0.3 is 20.3 Å². The van der Waals surface area contributed by atoms with E-state index >= 15 is 0 Å². The van der Waals surface area contributed by atoms with E-state index in [1.807, 2.05) is 0 Å². The smallest absolute Gasteiger partial charge is 0.243 e. The number of rotatable bonds is 7. The van der Waals surface area contributed by atoms with Gasteiger partial charge in [-0.05, 0) is 53.8 Å². The molecule has 1 heterocycles. The Kier molecular flexibility index (Phi) is 6.74. The highest BCUT2D eigenvalue weighted by Gasteiger charge is 2.27. The van der Waals surface area contributed by atoms with Gasteiger partial charge in [-0.1, -0.05) is 18.7 Å². The summed E-state index contributed by atoms with van der Waals surface area (Å²) in [6.45, 7) is 3.38. The van der Waals surface area contributed by atoms with Gasteiger partial charge in [0.15, 0.2) is 0 Å². The van der Waals surface area contributed by atoms with Crippen LogP contribution in [0.15, 0.2) is 47.9 Å². The molecule has 9 heteroatoms. The van der Waals surface area contributed by atoms with Crippen molar-refractivity contribution in [1.82, 2.24) is 5.32 Å². The first-order chi connectivity index (χ1) is 14.3. The van der Waals surface area contributed by atoms with E-state index in [1.54, 1.807) is 6.07 Å². The number of fused-ring (bicyclic) bond motifs is 1. The zero-order valence-corrected chi connectivity index (χ0v) is 16.9. The average molecular weight is 441 g/mol. The zero-order chi connectivity index (χ0) is 21.9. The minimum atomic E-state index is -5.32. The molecule has 0 aromatic heterocycles. The third-order valence-electron chi connectivity index (χ3n) is 4.90. The maximum absolute atomic E-state index is 13.0. The maximum Gasteiger partial charge on any atom is 0.243 e. The molecule has 162 valence electrons. The zero-order valence-electron chi connectivity index (χ0n) is 16.0. The molecular formula is C21H22F3NO4S. The number of benzene rings is 2. The molecule has 1 aliphatic rings. The van der Waals surface area contributed by atoms with E-state index in [0.29, 0.717) is 53.0 Å². The molecule has 5 nitrogen and oxygen atoms in total. The quantitative estimate of drug-likeness (QED) is 0.559. The highest BCUT2D eigenvalue weighted by molar-refractivity contribution is 8.20. The van der Waals surface area contributed by atoms with E-state index in [0.717, 1.165) is 18.2 Å². The molecule has 3 N–H and O–H groups in total. The molecule has 1 amide bonds. The Morgan fingerprint density at radius 2 is 2.00 bits per heavy atom. The highest BCUT2D eigenvalue weighted by Crippen LogP contribution is 2.60. The maximum atomic E-state index is 13.0. The van der Waals surface area contributed by atoms with Gasteiger partial charge in [0.1, 0.15) is 11.9 Å². The Balaban J connectivity index is 2.15. The van der Waals surface area contributed by atoms with Gasteiger partial charge >= 0.3 is 0 Å². The molecule has 1 unspecified atom stereocenters. The van der Waals surface area contributed by atoms with Crippen molar-refractivity contribution in [3.63, 3.8) is 0 Å². The Labute approximate surface area is 174 Å². The second kappa shape index (κ2) is 9.11. The fourth-order valence-electron chi connectivity index (χ4n) is 3.54. The number of ether oxygens (including phenoxy) is 1. The van der Waals surface area contributed by atoms with E-state index in [2.05, 4.69) is 11.9 Å². The highest BCUT2D eigenvalue weighted by atomic mass is 32.3. The van der Waals surface area contributed by atoms with E-state index in [9.17, 15) is 26.7 Å². The molecule has 0 radical (unpaired) electrons. The molecule has 30 heavy (non-hydrogen) atoms. The summed E-state index contributed by atoms with van der Waals surface area (Å²) in [7, 11) is 0. The lowest BCUT2D eigenvalue weighted by Crippen LogP contribution is -2.24. The molecule has 0 fully saturated rings. The lowest BCUT2D eigenvalue weighted by Gasteiger charge is -2.28. The van der Waals surface area contributed by atoms with E-state index < -0.39 is 34.7 Å². The van der Waals surface area contributed by atoms with E-state index in [1.165, 1.54) is 12.1 Å². The predicted molar refractivity (Wildman–Crippen MR) is 109 cm³/mol. The average Bonchev–Trinajstić information content (AvgIpc) is 2.75. The molecule has 0 saturated heterocycles. The van der Waals surface area contributed by atoms with E-state index in [-0.39, 0.29) is 6.54 Å². The Morgan fingerprint density at radius 1 is 1.30 bits per heavy atom. The molecule has 0 spiro atoms. The van der Waals surface area contributed by atoms with Crippen molar-refractivity contribution >= 4 is 17.1 Å². The molecule has 2 aromatic rings. The van der Waals surface area contributed by atoms with E-state index in [4.69, 9.17) is 4.74 Å². The summed E-state index contributed by atoms with van der Waals surface area (Å²) in [5, 5.41) is 22.6. The lowest BCUT2D eigenvalue weighted by atomic mass is 9.87. The minimum Gasteiger partial charge on any atom is -0.493 e. The first-order valence-corrected chi connectivity index (χ1v) is 10.6. The Hall–Kier alpha value is -2.49. The van der Waals surface area contributed by atoms with Crippen molar-refractivity contribution in [1.29, 1.82) is 0 Å². The standard InChI is InChI=1S/C21H22F3NO4S/c1-2-19(28)25-11-14-10-17(13-5-7-15(8-6-13)30(22,23)24)21-16(4-3-9-29-21)20(14)18(27)12-26/h2,5-8,10,18,26-27H,1,3-4,9,11-12H2,(H,25,28). The number of amides is 1. The van der Waals surface area contributed by atoms with Gasteiger partial charge in [-0.15, -0.1) is 11.7 Å². The first-order valence-electron chi connectivity index (χ1n) is 9.29. The first kappa shape index (κ1) is 22.2. The molecule has 1 atom stereocenters. The fraction of sp³-hybridized carbons (Fsp3) is 0.286. The second-order valence-corrected chi connectivity index (χ2v) is 8.09. The lowest BCUT2D eigenvalue weighted by molar-refractivity contribution is -0.116. The van der Waals surface area contributed by atoms with Crippen LogP contribution in [0.1, 0.15) is 29.2 Å². The van der Waals surface area contributed by atoms with Crippen LogP contribution in [-0.4, -0.2) is 29.3 Å². The molecule has 2 aromatic carbocycles. The molecule has 0 saturated carbocycles. The van der Waals surface area contributed by atoms with Gasteiger partial charge in [0.05, 0.1) is 18.1 Å². The molecule has 0 aliphatic carbocycles. The van der Waals surface area contributed by atoms with Crippen molar-refractivity contribution < 1.29 is 31.4 Å². The van der Waals surface area contributed by atoms with Crippen molar-refractivity contribution in [3.8, 4) is 16.9 Å². The van der Waals surface area contributed by atoms with Gasteiger partial charge in [0, 0.05) is 17.7 Å². The van der Waals surface area contributed by atoms with Crippen molar-refractivity contribution in [2.24, 2.45) is 0 Å². The summed E-state index contributed by atoms with van der Waals surface area (Å²) in [5.74, 6) is 0.0714. The largest absolute Gasteiger partial charge is 0.493 e. The normalized spacial score (nSPS) is 15.0. The summed E-state index contributed by atoms with van der Waals surface area (Å²) < 4.78 is 44.9. The second-order valence-electron chi connectivity index (χ2n) is 6.81. The number of halogens is 3. The summed E-state index contributed by atoms with van der Waals surface area (Å²) >= 11 is -5.32. The SMILES string of the molecule is C=CC(=O)NCc1cc(-c2ccc(S(F)(F)F)cc2)c2c(c1C(O)CO)CCCO2. The monoisotopic (exact) mass is 441 g/mol. The van der Waals surface area contributed by atoms with Crippen molar-refractivity contribution in [2.45, 2.75) is 30.4 Å². The molecule has 3 rings (SSSR count). The number of carbonyl (C=O) groups excluding carboxylic acids is 1. The number of hydrogen-bond donors (Lipinski definition) is 3. The van der Waals surface area contributed by atoms with Gasteiger partial charge in [0.2, 0.25) is 17.1 Å². The van der Waals surface area contributed by atoms with Crippen LogP contribution in [0.4, 0.5) is 11.7 Å². The fourth-order valence-corrected chi connectivity index (χ4v) is 3.99. The number of hydrogen-bond acceptors (Lipinski definition) is 4. The van der Waals surface area contributed by atoms with Crippen LogP contribution in [0, 0.1) is 0 Å². The van der Waals surface area contributed by atoms with Crippen LogP contribution < -0.4 is 10.1 Å². The third kappa shape index (κ3) is 4.63. The number of aliphatic hydroxyl groups excluding tert-OH is 2. The van der Waals surface area contributed by atoms with Gasteiger partial charge in [-0.25, -0.2) is 0 Å². The molecule has 0 bridgehead atoms. The van der Waals surface area contributed by atoms with Crippen LogP contribution in [0.2, 0.25) is 0 Å². The summed E-state index contributed by atoms with van der Waals surface area (Å²) in [5.41, 5.74) is 2.81. The molecular weight excluding hydrogens is 419 g/mol. The number of nitrogens with one attached hydrogen (secondary N) is 1. The number of carbonyl (C=O) groups is 1. The Morgan fingerprint density at radius 3 is 2.60 bits per heavy atom. The van der Waals surface area contributed by atoms with Crippen molar-refractivity contribution in [2.75, 3.05) is 13.2 Å². The van der Waals surface area contributed by atoms with Gasteiger partial charge in [-0.2, -0.15) is 0 Å². The van der Waals surface area contributed by atoms with Crippen LogP contribution in [0.25, 0.3) is 11.1 Å². The van der Waals surface area contributed by atoms with Gasteiger partial charge in [-0.3, -0.25) is 4.79 Å². The number of aliphatic hydroxyl groups is 2. The van der Waals surface area contributed by atoms with Crippen LogP contribution in [0.3, 0.4) is 0 Å². The summed E-state index contributed by atoms with van der Waals surface area (Å²) in [6, 6.07) is 6.53. The van der Waals surface area contributed by atoms with Crippen molar-refractivity contribution in [3.05, 3.63) is 59.7 Å². The van der Waals surface area contributed by atoms with Crippen LogP contribution in [0.5, 0.6) is 5.75 Å². The summed E-state index contributed by atoms with van der Waals surface area (Å²) in [4.78, 5) is 11.0.